The molecule has 1 amide bonds. The van der Waals surface area contributed by atoms with Crippen molar-refractivity contribution in [3.63, 3.8) is 0 Å². The lowest BCUT2D eigenvalue weighted by Gasteiger charge is -2.36. The van der Waals surface area contributed by atoms with E-state index >= 15 is 0 Å². The van der Waals surface area contributed by atoms with Crippen LogP contribution in [-0.2, 0) is 0 Å². The molecule has 1 fully saturated rings. The van der Waals surface area contributed by atoms with E-state index in [1.165, 1.54) is 11.3 Å². The average Bonchev–Trinajstić information content (AvgIpc) is 2.87. The van der Waals surface area contributed by atoms with Gasteiger partial charge in [0.1, 0.15) is 0 Å². The molecule has 106 valence electrons. The van der Waals surface area contributed by atoms with Crippen LogP contribution in [0.4, 0.5) is 5.13 Å². The van der Waals surface area contributed by atoms with Crippen LogP contribution in [0.2, 0.25) is 0 Å². The number of amides is 1. The monoisotopic (exact) mass is 300 g/mol. The maximum atomic E-state index is 12.4. The van der Waals surface area contributed by atoms with Crippen LogP contribution in [0.25, 0.3) is 0 Å². The summed E-state index contributed by atoms with van der Waals surface area (Å²) in [5.74, 6) is 1.01. The van der Waals surface area contributed by atoms with Crippen LogP contribution in [0.3, 0.4) is 0 Å². The average molecular weight is 300 g/mol. The number of hydrogen-bond acceptors (Lipinski definition) is 6. The third-order valence-electron chi connectivity index (χ3n) is 3.28. The largest absolute Gasteiger partial charge is 0.360 e. The van der Waals surface area contributed by atoms with Crippen LogP contribution in [0.5, 0.6) is 0 Å². The molecule has 7 heteroatoms. The molecule has 2 unspecified atom stereocenters. The van der Waals surface area contributed by atoms with E-state index in [9.17, 15) is 4.79 Å². The number of thioether (sulfide) groups is 1. The van der Waals surface area contributed by atoms with E-state index in [1.54, 1.807) is 0 Å². The summed E-state index contributed by atoms with van der Waals surface area (Å²) in [6, 6.07) is 0.252. The normalized spacial score (nSPS) is 23.4. The topological polar surface area (TPSA) is 58.1 Å². The Morgan fingerprint density at radius 1 is 1.47 bits per heavy atom. The number of hydrogen-bond donors (Lipinski definition) is 1. The third kappa shape index (κ3) is 3.39. The minimum Gasteiger partial charge on any atom is -0.360 e. The first-order valence-electron chi connectivity index (χ1n) is 6.63. The molecule has 0 radical (unpaired) electrons. The lowest BCUT2D eigenvalue weighted by molar-refractivity contribution is 0.0697. The van der Waals surface area contributed by atoms with E-state index in [0.717, 1.165) is 30.4 Å². The zero-order valence-corrected chi connectivity index (χ0v) is 13.2. The third-order valence-corrected chi connectivity index (χ3v) is 5.49. The number of anilines is 1. The highest BCUT2D eigenvalue weighted by atomic mass is 32.2. The van der Waals surface area contributed by atoms with Gasteiger partial charge in [0.05, 0.1) is 0 Å². The quantitative estimate of drug-likeness (QED) is 0.925. The summed E-state index contributed by atoms with van der Waals surface area (Å²) in [5, 5.41) is 12.9. The van der Waals surface area contributed by atoms with E-state index in [-0.39, 0.29) is 11.9 Å². The van der Waals surface area contributed by atoms with Crippen molar-refractivity contribution in [2.24, 2.45) is 0 Å². The minimum atomic E-state index is 0.0155. The molecule has 1 aliphatic heterocycles. The van der Waals surface area contributed by atoms with Crippen LogP contribution >= 0.6 is 23.1 Å². The SMILES string of the molecule is CCCNc1nnc(C(=O)N2CCSC(C)C2C)s1. The molecule has 2 heterocycles. The Balaban J connectivity index is 2.04. The number of carbonyl (C=O) groups is 1. The van der Waals surface area contributed by atoms with Gasteiger partial charge in [-0.3, -0.25) is 4.79 Å². The molecular weight excluding hydrogens is 280 g/mol. The van der Waals surface area contributed by atoms with Crippen LogP contribution in [-0.4, -0.2) is 51.1 Å². The maximum Gasteiger partial charge on any atom is 0.285 e. The fourth-order valence-corrected chi connectivity index (χ4v) is 3.78. The standard InChI is InChI=1S/C12H20N4OS2/c1-4-5-13-12-15-14-10(19-12)11(17)16-6-7-18-9(3)8(16)2/h8-9H,4-7H2,1-3H3,(H,13,15). The maximum absolute atomic E-state index is 12.4. The van der Waals surface area contributed by atoms with Gasteiger partial charge in [-0.05, 0) is 13.3 Å². The summed E-state index contributed by atoms with van der Waals surface area (Å²) in [7, 11) is 0. The highest BCUT2D eigenvalue weighted by Crippen LogP contribution is 2.26. The second kappa shape index (κ2) is 6.56. The van der Waals surface area contributed by atoms with Gasteiger partial charge in [-0.2, -0.15) is 11.8 Å². The first-order chi connectivity index (χ1) is 9.13. The van der Waals surface area contributed by atoms with E-state index in [4.69, 9.17) is 0 Å². The molecule has 1 aromatic heterocycles. The van der Waals surface area contributed by atoms with Gasteiger partial charge in [-0.15, -0.1) is 10.2 Å². The van der Waals surface area contributed by atoms with Gasteiger partial charge in [-0.1, -0.05) is 25.2 Å². The molecule has 0 saturated carbocycles. The molecule has 2 rings (SSSR count). The first kappa shape index (κ1) is 14.6. The first-order valence-corrected chi connectivity index (χ1v) is 8.50. The fourth-order valence-electron chi connectivity index (χ4n) is 1.96. The van der Waals surface area contributed by atoms with E-state index in [0.29, 0.717) is 10.3 Å². The zero-order chi connectivity index (χ0) is 13.8. The predicted molar refractivity (Wildman–Crippen MR) is 81.1 cm³/mol. The summed E-state index contributed by atoms with van der Waals surface area (Å²) < 4.78 is 0. The second-order valence-electron chi connectivity index (χ2n) is 4.65. The Morgan fingerprint density at radius 3 is 3.00 bits per heavy atom. The van der Waals surface area contributed by atoms with Gasteiger partial charge in [0, 0.05) is 30.1 Å². The minimum absolute atomic E-state index is 0.0155. The molecule has 1 aromatic rings. The summed E-state index contributed by atoms with van der Waals surface area (Å²) >= 11 is 3.27. The van der Waals surface area contributed by atoms with Gasteiger partial charge >= 0.3 is 0 Å². The fraction of sp³-hybridized carbons (Fsp3) is 0.750. The van der Waals surface area contributed by atoms with E-state index in [1.807, 2.05) is 16.7 Å². The van der Waals surface area contributed by atoms with E-state index < -0.39 is 0 Å². The van der Waals surface area contributed by atoms with Gasteiger partial charge in [-0.25, -0.2) is 0 Å². The number of rotatable bonds is 4. The number of aromatic nitrogens is 2. The smallest absolute Gasteiger partial charge is 0.285 e. The Labute approximate surface area is 122 Å². The van der Waals surface area contributed by atoms with Crippen LogP contribution in [0.1, 0.15) is 37.0 Å². The molecule has 1 aliphatic rings. The van der Waals surface area contributed by atoms with Gasteiger partial charge in [0.2, 0.25) is 10.1 Å². The summed E-state index contributed by atoms with van der Waals surface area (Å²) in [6.45, 7) is 8.02. The number of nitrogens with zero attached hydrogens (tertiary/aromatic N) is 3. The molecule has 2 atom stereocenters. The van der Waals surface area contributed by atoms with Crippen molar-refractivity contribution in [2.45, 2.75) is 38.5 Å². The van der Waals surface area contributed by atoms with Crippen molar-refractivity contribution in [1.82, 2.24) is 15.1 Å². The molecule has 0 aromatic carbocycles. The zero-order valence-electron chi connectivity index (χ0n) is 11.5. The predicted octanol–water partition coefficient (Wildman–Crippen LogP) is 2.33. The van der Waals surface area contributed by atoms with Gasteiger partial charge in [0.25, 0.3) is 5.91 Å². The molecule has 5 nitrogen and oxygen atoms in total. The second-order valence-corrected chi connectivity index (χ2v) is 7.12. The van der Waals surface area contributed by atoms with Gasteiger partial charge < -0.3 is 10.2 Å². The highest BCUT2D eigenvalue weighted by molar-refractivity contribution is 8.00. The Hall–Kier alpha value is -0.820. The van der Waals surface area contributed by atoms with Crippen molar-refractivity contribution in [3.05, 3.63) is 5.01 Å². The van der Waals surface area contributed by atoms with Crippen LogP contribution in [0.15, 0.2) is 0 Å². The molecule has 19 heavy (non-hydrogen) atoms. The Bertz CT molecular complexity index is 437. The van der Waals surface area contributed by atoms with E-state index in [2.05, 4.69) is 36.3 Å². The van der Waals surface area contributed by atoms with Crippen molar-refractivity contribution in [2.75, 3.05) is 24.2 Å². The summed E-state index contributed by atoms with van der Waals surface area (Å²) in [4.78, 5) is 14.4. The summed E-state index contributed by atoms with van der Waals surface area (Å²) in [5.41, 5.74) is 0. The van der Waals surface area contributed by atoms with Crippen LogP contribution < -0.4 is 5.32 Å². The number of nitrogens with one attached hydrogen (secondary N) is 1. The van der Waals surface area contributed by atoms with Crippen molar-refractivity contribution >= 4 is 34.1 Å². The van der Waals surface area contributed by atoms with Crippen molar-refractivity contribution < 1.29 is 4.79 Å². The Kier molecular flexibility index (Phi) is 5.04. The molecule has 1 saturated heterocycles. The van der Waals surface area contributed by atoms with Crippen molar-refractivity contribution in [1.29, 1.82) is 0 Å². The Morgan fingerprint density at radius 2 is 2.26 bits per heavy atom. The lowest BCUT2D eigenvalue weighted by Crippen LogP contribution is -2.47. The van der Waals surface area contributed by atoms with Crippen LogP contribution in [0, 0.1) is 0 Å². The highest BCUT2D eigenvalue weighted by Gasteiger charge is 2.31. The van der Waals surface area contributed by atoms with Gasteiger partial charge in [0.15, 0.2) is 0 Å². The molecular formula is C12H20N4OS2. The summed E-state index contributed by atoms with van der Waals surface area (Å²) in [6.07, 6.45) is 1.03. The molecule has 0 aliphatic carbocycles. The molecule has 1 N–H and O–H groups in total. The lowest BCUT2D eigenvalue weighted by atomic mass is 10.2. The molecule has 0 bridgehead atoms. The van der Waals surface area contributed by atoms with Crippen molar-refractivity contribution in [3.8, 4) is 0 Å². The molecule has 0 spiro atoms. The number of carbonyl (C=O) groups excluding carboxylic acids is 1.